The molecular weight excluding hydrogens is 301 g/mol. The Morgan fingerprint density at radius 3 is 2.45 bits per heavy atom. The van der Waals surface area contributed by atoms with Crippen LogP contribution in [0.2, 0.25) is 10.0 Å². The van der Waals surface area contributed by atoms with Crippen LogP contribution in [0.3, 0.4) is 0 Å². The lowest BCUT2D eigenvalue weighted by Gasteiger charge is -2.17. The lowest BCUT2D eigenvalue weighted by Crippen LogP contribution is -2.04. The summed E-state index contributed by atoms with van der Waals surface area (Å²) in [5, 5.41) is 11.4. The summed E-state index contributed by atoms with van der Waals surface area (Å²) >= 11 is 12.1. The third-order valence-electron chi connectivity index (χ3n) is 2.77. The van der Waals surface area contributed by atoms with Crippen LogP contribution >= 0.6 is 23.2 Å². The Morgan fingerprint density at radius 2 is 1.85 bits per heavy atom. The van der Waals surface area contributed by atoms with E-state index in [2.05, 4.69) is 0 Å². The SMILES string of the molecule is C[C@H](Oc1ccc([N+](=O)[O-])cc1Cl)c1ccccc1Cl. The predicted octanol–water partition coefficient (Wildman–Crippen LogP) is 5.04. The zero-order valence-corrected chi connectivity index (χ0v) is 12.1. The van der Waals surface area contributed by atoms with Crippen molar-refractivity contribution in [3.63, 3.8) is 0 Å². The Hall–Kier alpha value is -1.78. The summed E-state index contributed by atoms with van der Waals surface area (Å²) in [5.41, 5.74) is 0.747. The third kappa shape index (κ3) is 3.21. The molecule has 0 heterocycles. The number of nitro benzene ring substituents is 1. The number of halogens is 2. The maximum Gasteiger partial charge on any atom is 0.271 e. The van der Waals surface area contributed by atoms with Crippen LogP contribution in [-0.2, 0) is 0 Å². The van der Waals surface area contributed by atoms with Crippen LogP contribution in [0.4, 0.5) is 5.69 Å². The fourth-order valence-electron chi connectivity index (χ4n) is 1.76. The van der Waals surface area contributed by atoms with Gasteiger partial charge < -0.3 is 4.74 Å². The number of non-ortho nitro benzene ring substituents is 1. The Balaban J connectivity index is 2.22. The molecule has 6 heteroatoms. The topological polar surface area (TPSA) is 52.4 Å². The first-order chi connectivity index (χ1) is 9.49. The van der Waals surface area contributed by atoms with Gasteiger partial charge in [-0.25, -0.2) is 0 Å². The van der Waals surface area contributed by atoms with E-state index >= 15 is 0 Å². The maximum atomic E-state index is 10.6. The predicted molar refractivity (Wildman–Crippen MR) is 78.6 cm³/mol. The summed E-state index contributed by atoms with van der Waals surface area (Å²) in [6.45, 7) is 1.83. The second-order valence-corrected chi connectivity index (χ2v) is 4.97. The number of ether oxygens (including phenoxy) is 1. The van der Waals surface area contributed by atoms with Crippen molar-refractivity contribution in [2.24, 2.45) is 0 Å². The minimum atomic E-state index is -0.507. The van der Waals surface area contributed by atoms with Gasteiger partial charge in [0.2, 0.25) is 0 Å². The lowest BCUT2D eigenvalue weighted by atomic mass is 10.1. The van der Waals surface area contributed by atoms with Crippen molar-refractivity contribution >= 4 is 28.9 Å². The van der Waals surface area contributed by atoms with Crippen molar-refractivity contribution in [2.45, 2.75) is 13.0 Å². The average Bonchev–Trinajstić information content (AvgIpc) is 2.41. The zero-order chi connectivity index (χ0) is 14.7. The van der Waals surface area contributed by atoms with Crippen LogP contribution < -0.4 is 4.74 Å². The molecule has 20 heavy (non-hydrogen) atoms. The van der Waals surface area contributed by atoms with Gasteiger partial charge in [0.05, 0.1) is 9.95 Å². The average molecular weight is 312 g/mol. The van der Waals surface area contributed by atoms with Gasteiger partial charge in [0.25, 0.3) is 5.69 Å². The van der Waals surface area contributed by atoms with Gasteiger partial charge in [-0.15, -0.1) is 0 Å². The molecule has 0 fully saturated rings. The molecule has 0 aliphatic carbocycles. The van der Waals surface area contributed by atoms with E-state index in [1.54, 1.807) is 6.07 Å². The molecule has 0 amide bonds. The van der Waals surface area contributed by atoms with E-state index < -0.39 is 4.92 Å². The van der Waals surface area contributed by atoms with Gasteiger partial charge in [0.1, 0.15) is 11.9 Å². The van der Waals surface area contributed by atoms with E-state index in [4.69, 9.17) is 27.9 Å². The summed E-state index contributed by atoms with van der Waals surface area (Å²) < 4.78 is 5.71. The largest absolute Gasteiger partial charge is 0.484 e. The van der Waals surface area contributed by atoms with Crippen molar-refractivity contribution in [1.29, 1.82) is 0 Å². The Bertz CT molecular complexity index is 646. The number of rotatable bonds is 4. The van der Waals surface area contributed by atoms with Crippen molar-refractivity contribution in [2.75, 3.05) is 0 Å². The van der Waals surface area contributed by atoms with E-state index in [-0.39, 0.29) is 16.8 Å². The number of hydrogen-bond donors (Lipinski definition) is 0. The molecule has 0 saturated carbocycles. The monoisotopic (exact) mass is 311 g/mol. The van der Waals surface area contributed by atoms with E-state index in [0.29, 0.717) is 10.8 Å². The molecule has 0 aliphatic heterocycles. The van der Waals surface area contributed by atoms with E-state index in [9.17, 15) is 10.1 Å². The Kier molecular flexibility index (Phi) is 4.47. The first-order valence-electron chi connectivity index (χ1n) is 5.84. The maximum absolute atomic E-state index is 10.6. The fourth-order valence-corrected chi connectivity index (χ4v) is 2.27. The van der Waals surface area contributed by atoms with Crippen molar-refractivity contribution in [1.82, 2.24) is 0 Å². The standard InChI is InChI=1S/C14H11Cl2NO3/c1-9(11-4-2-3-5-12(11)15)20-14-7-6-10(17(18)19)8-13(14)16/h2-9H,1H3/t9-/m0/s1. The van der Waals surface area contributed by atoms with Gasteiger partial charge in [-0.1, -0.05) is 41.4 Å². The first kappa shape index (κ1) is 14.6. The highest BCUT2D eigenvalue weighted by molar-refractivity contribution is 6.32. The quantitative estimate of drug-likeness (QED) is 0.587. The van der Waals surface area contributed by atoms with E-state index in [0.717, 1.165) is 5.56 Å². The summed E-state index contributed by atoms with van der Waals surface area (Å²) in [6, 6.07) is 11.4. The number of hydrogen-bond acceptors (Lipinski definition) is 3. The normalized spacial score (nSPS) is 11.9. The van der Waals surface area contributed by atoms with Gasteiger partial charge in [0, 0.05) is 22.7 Å². The van der Waals surface area contributed by atoms with E-state index in [1.165, 1.54) is 18.2 Å². The molecule has 1 atom stereocenters. The molecular formula is C14H11Cl2NO3. The summed E-state index contributed by atoms with van der Waals surface area (Å²) in [5.74, 6) is 0.379. The minimum absolute atomic E-state index is 0.0762. The number of nitrogens with zero attached hydrogens (tertiary/aromatic N) is 1. The second-order valence-electron chi connectivity index (χ2n) is 4.15. The molecule has 0 N–H and O–H groups in total. The molecule has 2 aromatic rings. The van der Waals surface area contributed by atoms with Crippen LogP contribution in [0.1, 0.15) is 18.6 Å². The van der Waals surface area contributed by atoms with E-state index in [1.807, 2.05) is 25.1 Å². The van der Waals surface area contributed by atoms with Crippen LogP contribution in [-0.4, -0.2) is 4.92 Å². The molecule has 0 bridgehead atoms. The molecule has 0 spiro atoms. The summed E-state index contributed by atoms with van der Waals surface area (Å²) in [6.07, 6.45) is -0.317. The molecule has 0 saturated heterocycles. The molecule has 0 unspecified atom stereocenters. The highest BCUT2D eigenvalue weighted by Crippen LogP contribution is 2.33. The highest BCUT2D eigenvalue weighted by Gasteiger charge is 2.15. The van der Waals surface area contributed by atoms with Gasteiger partial charge >= 0.3 is 0 Å². The molecule has 0 aliphatic rings. The Labute approximate surface area is 126 Å². The van der Waals surface area contributed by atoms with Crippen LogP contribution in [0.5, 0.6) is 5.75 Å². The zero-order valence-electron chi connectivity index (χ0n) is 10.5. The lowest BCUT2D eigenvalue weighted by molar-refractivity contribution is -0.384. The first-order valence-corrected chi connectivity index (χ1v) is 6.59. The fraction of sp³-hybridized carbons (Fsp3) is 0.143. The van der Waals surface area contributed by atoms with Crippen molar-refractivity contribution in [3.8, 4) is 5.75 Å². The van der Waals surface area contributed by atoms with Crippen molar-refractivity contribution < 1.29 is 9.66 Å². The molecule has 104 valence electrons. The van der Waals surface area contributed by atoms with Crippen molar-refractivity contribution in [3.05, 3.63) is 68.2 Å². The van der Waals surface area contributed by atoms with Gasteiger partial charge in [-0.2, -0.15) is 0 Å². The highest BCUT2D eigenvalue weighted by atomic mass is 35.5. The number of nitro groups is 1. The molecule has 0 aromatic heterocycles. The van der Waals surface area contributed by atoms with Crippen LogP contribution in [0, 0.1) is 10.1 Å². The molecule has 4 nitrogen and oxygen atoms in total. The molecule has 0 radical (unpaired) electrons. The minimum Gasteiger partial charge on any atom is -0.484 e. The molecule has 2 aromatic carbocycles. The smallest absolute Gasteiger partial charge is 0.271 e. The summed E-state index contributed by atoms with van der Waals surface area (Å²) in [4.78, 5) is 10.1. The second kappa shape index (κ2) is 6.11. The van der Waals surface area contributed by atoms with Crippen LogP contribution in [0.25, 0.3) is 0 Å². The number of benzene rings is 2. The van der Waals surface area contributed by atoms with Gasteiger partial charge in [-0.3, -0.25) is 10.1 Å². The van der Waals surface area contributed by atoms with Crippen LogP contribution in [0.15, 0.2) is 42.5 Å². The molecule has 2 rings (SSSR count). The third-order valence-corrected chi connectivity index (χ3v) is 3.41. The summed E-state index contributed by atoms with van der Waals surface area (Å²) in [7, 11) is 0. The van der Waals surface area contributed by atoms with Gasteiger partial charge in [-0.05, 0) is 19.1 Å². The van der Waals surface area contributed by atoms with Gasteiger partial charge in [0.15, 0.2) is 0 Å². The Morgan fingerprint density at radius 1 is 1.15 bits per heavy atom.